The van der Waals surface area contributed by atoms with Gasteiger partial charge in [0, 0.05) is 24.9 Å². The number of aromatic nitrogens is 2. The molecule has 92 valence electrons. The van der Waals surface area contributed by atoms with E-state index in [9.17, 15) is 9.59 Å². The van der Waals surface area contributed by atoms with Crippen LogP contribution >= 0.6 is 0 Å². The standard InChI is InChI=1S/C11H14N2O4/c1-8(11(15)16-3)17-10(14)5-4-9-6-12-13(2)7-9/h4-8H,1-3H3/b5-4+. The summed E-state index contributed by atoms with van der Waals surface area (Å²) in [7, 11) is 3.01. The number of hydrogen-bond acceptors (Lipinski definition) is 5. The molecule has 0 radical (unpaired) electrons. The molecular formula is C11H14N2O4. The predicted octanol–water partition coefficient (Wildman–Crippen LogP) is 0.538. The van der Waals surface area contributed by atoms with Crippen molar-refractivity contribution in [1.82, 2.24) is 9.78 Å². The molecule has 0 spiro atoms. The molecule has 0 saturated heterocycles. The quantitative estimate of drug-likeness (QED) is 0.565. The molecule has 0 N–H and O–H groups in total. The van der Waals surface area contributed by atoms with Gasteiger partial charge in [0.2, 0.25) is 0 Å². The van der Waals surface area contributed by atoms with Crippen LogP contribution < -0.4 is 0 Å². The molecule has 0 amide bonds. The van der Waals surface area contributed by atoms with Gasteiger partial charge in [-0.3, -0.25) is 4.68 Å². The van der Waals surface area contributed by atoms with Crippen LogP contribution in [0.3, 0.4) is 0 Å². The molecule has 0 aliphatic rings. The molecule has 0 bridgehead atoms. The predicted molar refractivity (Wildman–Crippen MR) is 59.8 cm³/mol. The first-order valence-corrected chi connectivity index (χ1v) is 4.98. The molecule has 1 aromatic heterocycles. The number of carbonyl (C=O) groups excluding carboxylic acids is 2. The van der Waals surface area contributed by atoms with Gasteiger partial charge in [0.15, 0.2) is 6.10 Å². The Labute approximate surface area is 98.8 Å². The zero-order chi connectivity index (χ0) is 12.8. The van der Waals surface area contributed by atoms with Crippen molar-refractivity contribution in [1.29, 1.82) is 0 Å². The lowest BCUT2D eigenvalue weighted by Crippen LogP contribution is -2.24. The number of ether oxygens (including phenoxy) is 2. The molecule has 6 heteroatoms. The van der Waals surface area contributed by atoms with E-state index in [0.717, 1.165) is 5.56 Å². The van der Waals surface area contributed by atoms with Gasteiger partial charge in [0.25, 0.3) is 0 Å². The molecule has 0 fully saturated rings. The minimum absolute atomic E-state index is 0.590. The number of methoxy groups -OCH3 is 1. The van der Waals surface area contributed by atoms with E-state index in [4.69, 9.17) is 4.74 Å². The molecule has 0 aromatic carbocycles. The molecule has 1 rings (SSSR count). The molecule has 1 atom stereocenters. The minimum atomic E-state index is -0.911. The van der Waals surface area contributed by atoms with Gasteiger partial charge in [-0.05, 0) is 13.0 Å². The zero-order valence-corrected chi connectivity index (χ0v) is 9.91. The van der Waals surface area contributed by atoms with E-state index >= 15 is 0 Å². The summed E-state index contributed by atoms with van der Waals surface area (Å²) in [6.07, 6.45) is 5.22. The third-order valence-electron chi connectivity index (χ3n) is 1.96. The Morgan fingerprint density at radius 1 is 1.53 bits per heavy atom. The number of rotatable bonds is 4. The van der Waals surface area contributed by atoms with Crippen LogP contribution in [0.25, 0.3) is 6.08 Å². The van der Waals surface area contributed by atoms with Crippen LogP contribution in [0.1, 0.15) is 12.5 Å². The fourth-order valence-electron chi connectivity index (χ4n) is 1.12. The van der Waals surface area contributed by atoms with Crippen molar-refractivity contribution < 1.29 is 19.1 Å². The van der Waals surface area contributed by atoms with Gasteiger partial charge >= 0.3 is 11.9 Å². The highest BCUT2D eigenvalue weighted by molar-refractivity contribution is 5.89. The second-order valence-electron chi connectivity index (χ2n) is 3.38. The van der Waals surface area contributed by atoms with Crippen molar-refractivity contribution >= 4 is 18.0 Å². The van der Waals surface area contributed by atoms with Crippen molar-refractivity contribution in [3.05, 3.63) is 24.0 Å². The average molecular weight is 238 g/mol. The van der Waals surface area contributed by atoms with E-state index in [1.165, 1.54) is 20.1 Å². The highest BCUT2D eigenvalue weighted by Gasteiger charge is 2.16. The Morgan fingerprint density at radius 3 is 2.76 bits per heavy atom. The number of hydrogen-bond donors (Lipinski definition) is 0. The van der Waals surface area contributed by atoms with Crippen LogP contribution in [0.5, 0.6) is 0 Å². The van der Waals surface area contributed by atoms with Crippen LogP contribution in [0.2, 0.25) is 0 Å². The lowest BCUT2D eigenvalue weighted by molar-refractivity contribution is -0.161. The second kappa shape index (κ2) is 5.83. The average Bonchev–Trinajstić information content (AvgIpc) is 2.71. The summed E-state index contributed by atoms with van der Waals surface area (Å²) in [5.41, 5.74) is 0.773. The van der Waals surface area contributed by atoms with Gasteiger partial charge in [-0.15, -0.1) is 0 Å². The summed E-state index contributed by atoms with van der Waals surface area (Å²) in [6, 6.07) is 0. The number of esters is 2. The number of carbonyl (C=O) groups is 2. The second-order valence-corrected chi connectivity index (χ2v) is 3.38. The number of nitrogens with zero attached hydrogens (tertiary/aromatic N) is 2. The summed E-state index contributed by atoms with van der Waals surface area (Å²) >= 11 is 0. The zero-order valence-electron chi connectivity index (χ0n) is 9.91. The van der Waals surface area contributed by atoms with Gasteiger partial charge in [0.05, 0.1) is 13.3 Å². The Kier molecular flexibility index (Phi) is 4.45. The van der Waals surface area contributed by atoms with Gasteiger partial charge in [0.1, 0.15) is 0 Å². The van der Waals surface area contributed by atoms with Crippen LogP contribution in [-0.2, 0) is 26.1 Å². The topological polar surface area (TPSA) is 70.4 Å². The van der Waals surface area contributed by atoms with Crippen LogP contribution in [-0.4, -0.2) is 34.9 Å². The van der Waals surface area contributed by atoms with E-state index < -0.39 is 18.0 Å². The van der Waals surface area contributed by atoms with Crippen molar-refractivity contribution in [3.63, 3.8) is 0 Å². The maximum Gasteiger partial charge on any atom is 0.346 e. The maximum absolute atomic E-state index is 11.3. The molecular weight excluding hydrogens is 224 g/mol. The minimum Gasteiger partial charge on any atom is -0.466 e. The SMILES string of the molecule is COC(=O)C(C)OC(=O)/C=C/c1cnn(C)c1. The van der Waals surface area contributed by atoms with Crippen LogP contribution in [0.15, 0.2) is 18.5 Å². The molecule has 1 heterocycles. The lowest BCUT2D eigenvalue weighted by atomic mass is 10.3. The van der Waals surface area contributed by atoms with E-state index in [1.807, 2.05) is 0 Å². The Morgan fingerprint density at radius 2 is 2.24 bits per heavy atom. The molecule has 0 aliphatic heterocycles. The highest BCUT2D eigenvalue weighted by atomic mass is 16.6. The summed E-state index contributed by atoms with van der Waals surface area (Å²) in [5.74, 6) is -1.19. The van der Waals surface area contributed by atoms with E-state index in [2.05, 4.69) is 9.84 Å². The van der Waals surface area contributed by atoms with E-state index in [0.29, 0.717) is 0 Å². The van der Waals surface area contributed by atoms with Crippen LogP contribution in [0, 0.1) is 0 Å². The van der Waals surface area contributed by atoms with Crippen molar-refractivity contribution in [2.45, 2.75) is 13.0 Å². The summed E-state index contributed by atoms with van der Waals surface area (Å²) in [6.45, 7) is 1.45. The smallest absolute Gasteiger partial charge is 0.346 e. The van der Waals surface area contributed by atoms with Crippen molar-refractivity contribution in [3.8, 4) is 0 Å². The first-order valence-electron chi connectivity index (χ1n) is 4.98. The monoisotopic (exact) mass is 238 g/mol. The lowest BCUT2D eigenvalue weighted by Gasteiger charge is -2.08. The summed E-state index contributed by atoms with van der Waals surface area (Å²) in [5, 5.41) is 3.94. The molecule has 17 heavy (non-hydrogen) atoms. The third-order valence-corrected chi connectivity index (χ3v) is 1.96. The van der Waals surface area contributed by atoms with Gasteiger partial charge in [-0.25, -0.2) is 9.59 Å². The molecule has 0 saturated carbocycles. The number of aryl methyl sites for hydroxylation is 1. The van der Waals surface area contributed by atoms with Gasteiger partial charge in [-0.1, -0.05) is 0 Å². The van der Waals surface area contributed by atoms with Gasteiger partial charge in [-0.2, -0.15) is 5.10 Å². The molecule has 0 aliphatic carbocycles. The van der Waals surface area contributed by atoms with E-state index in [-0.39, 0.29) is 0 Å². The first-order chi connectivity index (χ1) is 8.02. The highest BCUT2D eigenvalue weighted by Crippen LogP contribution is 2.01. The fourth-order valence-corrected chi connectivity index (χ4v) is 1.12. The fraction of sp³-hybridized carbons (Fsp3) is 0.364. The first kappa shape index (κ1) is 13.0. The van der Waals surface area contributed by atoms with Crippen molar-refractivity contribution in [2.24, 2.45) is 7.05 Å². The normalized spacial score (nSPS) is 12.4. The van der Waals surface area contributed by atoms with Crippen LogP contribution in [0.4, 0.5) is 0 Å². The summed E-state index contributed by atoms with van der Waals surface area (Å²) < 4.78 is 10.8. The maximum atomic E-state index is 11.3. The molecule has 1 unspecified atom stereocenters. The van der Waals surface area contributed by atoms with Crippen molar-refractivity contribution in [2.75, 3.05) is 7.11 Å². The van der Waals surface area contributed by atoms with E-state index in [1.54, 1.807) is 30.2 Å². The summed E-state index contributed by atoms with van der Waals surface area (Å²) in [4.78, 5) is 22.3. The Hall–Kier alpha value is -2.11. The third kappa shape index (κ3) is 4.10. The molecule has 6 nitrogen and oxygen atoms in total. The van der Waals surface area contributed by atoms with Gasteiger partial charge < -0.3 is 9.47 Å². The Balaban J connectivity index is 2.50. The molecule has 1 aromatic rings. The largest absolute Gasteiger partial charge is 0.466 e. The Bertz CT molecular complexity index is 436.